The van der Waals surface area contributed by atoms with Gasteiger partial charge in [-0.15, -0.1) is 0 Å². The Morgan fingerprint density at radius 1 is 1.04 bits per heavy atom. The highest BCUT2D eigenvalue weighted by molar-refractivity contribution is 7.99. The van der Waals surface area contributed by atoms with Crippen molar-refractivity contribution in [1.29, 1.82) is 0 Å². The first kappa shape index (κ1) is 18.2. The number of imidazole rings is 1. The van der Waals surface area contributed by atoms with E-state index in [1.165, 1.54) is 23.9 Å². The maximum Gasteiger partial charge on any atom is 0.343 e. The van der Waals surface area contributed by atoms with Crippen molar-refractivity contribution in [3.8, 4) is 0 Å². The third kappa shape index (κ3) is 3.16. The van der Waals surface area contributed by atoms with E-state index in [-0.39, 0.29) is 16.9 Å². The summed E-state index contributed by atoms with van der Waals surface area (Å²) < 4.78 is 2.05. The quantitative estimate of drug-likeness (QED) is 0.471. The van der Waals surface area contributed by atoms with Crippen LogP contribution in [0.2, 0.25) is 0 Å². The normalized spacial score (nSPS) is 13.2. The Kier molecular flexibility index (Phi) is 4.87. The number of benzene rings is 2. The highest BCUT2D eigenvalue weighted by Crippen LogP contribution is 2.26. The zero-order valence-electron chi connectivity index (χ0n) is 15.1. The zero-order chi connectivity index (χ0) is 19.7. The van der Waals surface area contributed by atoms with E-state index < -0.39 is 17.8 Å². The van der Waals surface area contributed by atoms with E-state index in [4.69, 9.17) is 4.84 Å². The monoisotopic (exact) mass is 395 g/mol. The van der Waals surface area contributed by atoms with Crippen LogP contribution in [-0.2, 0) is 16.2 Å². The van der Waals surface area contributed by atoms with E-state index in [0.29, 0.717) is 10.2 Å². The molecule has 1 aromatic heterocycles. The number of rotatable bonds is 6. The van der Waals surface area contributed by atoms with E-state index in [2.05, 4.69) is 16.5 Å². The van der Waals surface area contributed by atoms with Gasteiger partial charge in [-0.1, -0.05) is 48.0 Å². The molecule has 2 heterocycles. The molecule has 0 radical (unpaired) electrons. The van der Waals surface area contributed by atoms with Gasteiger partial charge in [0.25, 0.3) is 11.8 Å². The van der Waals surface area contributed by atoms with E-state index in [1.54, 1.807) is 12.1 Å². The Bertz CT molecular complexity index is 1060. The van der Waals surface area contributed by atoms with Crippen molar-refractivity contribution in [3.05, 3.63) is 59.7 Å². The summed E-state index contributed by atoms with van der Waals surface area (Å²) in [6.07, 6.45) is 0.924. The number of hydroxylamine groups is 2. The van der Waals surface area contributed by atoms with Crippen LogP contribution in [0.5, 0.6) is 0 Å². The summed E-state index contributed by atoms with van der Waals surface area (Å²) in [6.45, 7) is 2.84. The molecule has 142 valence electrons. The van der Waals surface area contributed by atoms with Crippen LogP contribution < -0.4 is 0 Å². The van der Waals surface area contributed by atoms with Gasteiger partial charge in [-0.05, 0) is 30.7 Å². The standard InChI is InChI=1S/C20H17N3O4S/c1-2-11-22-16-10-6-5-9-15(16)21-20(22)28-12-17(24)27-23-18(25)13-7-3-4-8-14(13)19(23)26/h3-10H,2,11-12H2,1H3. The van der Waals surface area contributed by atoms with Crippen molar-refractivity contribution >= 4 is 40.6 Å². The predicted molar refractivity (Wildman–Crippen MR) is 104 cm³/mol. The molecule has 0 unspecified atom stereocenters. The van der Waals surface area contributed by atoms with Crippen molar-refractivity contribution in [2.75, 3.05) is 5.75 Å². The van der Waals surface area contributed by atoms with Gasteiger partial charge in [0.05, 0.1) is 22.2 Å². The molecule has 2 aromatic carbocycles. The number of hydrogen-bond acceptors (Lipinski definition) is 6. The maximum absolute atomic E-state index is 12.3. The second-order valence-electron chi connectivity index (χ2n) is 6.24. The van der Waals surface area contributed by atoms with Crippen LogP contribution in [0.15, 0.2) is 53.7 Å². The number of hydrogen-bond donors (Lipinski definition) is 0. The summed E-state index contributed by atoms with van der Waals surface area (Å²) in [6, 6.07) is 14.1. The summed E-state index contributed by atoms with van der Waals surface area (Å²) in [5.74, 6) is -2.01. The first-order chi connectivity index (χ1) is 13.6. The molecule has 0 fully saturated rings. The Morgan fingerprint density at radius 2 is 1.68 bits per heavy atom. The molecule has 0 aliphatic carbocycles. The molecule has 2 amide bonds. The summed E-state index contributed by atoms with van der Waals surface area (Å²) in [5.41, 5.74) is 2.32. The number of carbonyl (C=O) groups is 3. The minimum absolute atomic E-state index is 0.0690. The molecular formula is C20H17N3O4S. The molecule has 1 aliphatic rings. The topological polar surface area (TPSA) is 81.5 Å². The van der Waals surface area contributed by atoms with Gasteiger partial charge in [0, 0.05) is 6.54 Å². The third-order valence-corrected chi connectivity index (χ3v) is 5.29. The highest BCUT2D eigenvalue weighted by Gasteiger charge is 2.38. The summed E-state index contributed by atoms with van der Waals surface area (Å²) in [7, 11) is 0. The smallest absolute Gasteiger partial charge is 0.329 e. The summed E-state index contributed by atoms with van der Waals surface area (Å²) in [5, 5.41) is 1.23. The lowest BCUT2D eigenvalue weighted by Crippen LogP contribution is -2.33. The average molecular weight is 395 g/mol. The van der Waals surface area contributed by atoms with Crippen LogP contribution in [0.4, 0.5) is 0 Å². The van der Waals surface area contributed by atoms with Crippen LogP contribution >= 0.6 is 11.8 Å². The molecule has 0 saturated carbocycles. The van der Waals surface area contributed by atoms with Gasteiger partial charge in [-0.2, -0.15) is 0 Å². The van der Waals surface area contributed by atoms with Crippen LogP contribution in [0, 0.1) is 0 Å². The number of thioether (sulfide) groups is 1. The van der Waals surface area contributed by atoms with Gasteiger partial charge in [0.15, 0.2) is 5.16 Å². The molecular weight excluding hydrogens is 378 g/mol. The van der Waals surface area contributed by atoms with Crippen molar-refractivity contribution in [2.24, 2.45) is 0 Å². The molecule has 0 bridgehead atoms. The lowest BCUT2D eigenvalue weighted by Gasteiger charge is -2.12. The zero-order valence-corrected chi connectivity index (χ0v) is 15.9. The molecule has 0 atom stereocenters. The van der Waals surface area contributed by atoms with Gasteiger partial charge in [-0.25, -0.2) is 9.78 Å². The molecule has 8 heteroatoms. The highest BCUT2D eigenvalue weighted by atomic mass is 32.2. The third-order valence-electron chi connectivity index (χ3n) is 4.34. The summed E-state index contributed by atoms with van der Waals surface area (Å²) in [4.78, 5) is 46.4. The second kappa shape index (κ2) is 7.47. The van der Waals surface area contributed by atoms with E-state index in [9.17, 15) is 14.4 Å². The molecule has 0 spiro atoms. The Morgan fingerprint density at radius 3 is 2.36 bits per heavy atom. The fourth-order valence-electron chi connectivity index (χ4n) is 3.10. The van der Waals surface area contributed by atoms with Crippen molar-refractivity contribution in [1.82, 2.24) is 14.6 Å². The van der Waals surface area contributed by atoms with Crippen molar-refractivity contribution in [3.63, 3.8) is 0 Å². The minimum atomic E-state index is -0.686. The SMILES string of the molecule is CCCn1c(SCC(=O)ON2C(=O)c3ccccc3C2=O)nc2ccccc21. The van der Waals surface area contributed by atoms with Crippen LogP contribution in [0.25, 0.3) is 11.0 Å². The van der Waals surface area contributed by atoms with Crippen molar-refractivity contribution < 1.29 is 19.2 Å². The number of aromatic nitrogens is 2. The van der Waals surface area contributed by atoms with Crippen molar-refractivity contribution in [2.45, 2.75) is 25.0 Å². The van der Waals surface area contributed by atoms with E-state index in [0.717, 1.165) is 24.0 Å². The molecule has 4 rings (SSSR count). The molecule has 3 aromatic rings. The predicted octanol–water partition coefficient (Wildman–Crippen LogP) is 3.29. The first-order valence-electron chi connectivity index (χ1n) is 8.87. The van der Waals surface area contributed by atoms with Crippen LogP contribution in [0.3, 0.4) is 0 Å². The Hall–Kier alpha value is -3.13. The number of para-hydroxylation sites is 2. The van der Waals surface area contributed by atoms with E-state index >= 15 is 0 Å². The number of nitrogens with zero attached hydrogens (tertiary/aromatic N) is 3. The number of carbonyl (C=O) groups excluding carboxylic acids is 3. The number of imide groups is 1. The minimum Gasteiger partial charge on any atom is -0.329 e. The number of fused-ring (bicyclic) bond motifs is 2. The van der Waals surface area contributed by atoms with Gasteiger partial charge in [0.1, 0.15) is 5.75 Å². The van der Waals surface area contributed by atoms with Gasteiger partial charge in [0.2, 0.25) is 0 Å². The summed E-state index contributed by atoms with van der Waals surface area (Å²) >= 11 is 1.22. The molecule has 0 saturated heterocycles. The Balaban J connectivity index is 1.46. The number of amides is 2. The second-order valence-corrected chi connectivity index (χ2v) is 7.18. The maximum atomic E-state index is 12.3. The Labute approximate surface area is 165 Å². The van der Waals surface area contributed by atoms with E-state index in [1.807, 2.05) is 24.3 Å². The molecule has 28 heavy (non-hydrogen) atoms. The molecule has 0 N–H and O–H groups in total. The average Bonchev–Trinajstić information content (AvgIpc) is 3.18. The van der Waals surface area contributed by atoms with Gasteiger partial charge < -0.3 is 9.40 Å². The van der Waals surface area contributed by atoms with Crippen LogP contribution in [-0.4, -0.2) is 38.2 Å². The number of aryl methyl sites for hydroxylation is 1. The fourth-order valence-corrected chi connectivity index (χ4v) is 3.91. The molecule has 7 nitrogen and oxygen atoms in total. The van der Waals surface area contributed by atoms with Gasteiger partial charge >= 0.3 is 5.97 Å². The van der Waals surface area contributed by atoms with Crippen LogP contribution in [0.1, 0.15) is 34.1 Å². The first-order valence-corrected chi connectivity index (χ1v) is 9.85. The molecule has 1 aliphatic heterocycles. The van der Waals surface area contributed by atoms with Gasteiger partial charge in [-0.3, -0.25) is 9.59 Å². The fraction of sp³-hybridized carbons (Fsp3) is 0.200. The lowest BCUT2D eigenvalue weighted by molar-refractivity contribution is -0.165. The largest absolute Gasteiger partial charge is 0.343 e. The lowest BCUT2D eigenvalue weighted by atomic mass is 10.1.